The van der Waals surface area contributed by atoms with E-state index in [0.717, 1.165) is 0 Å². The van der Waals surface area contributed by atoms with E-state index < -0.39 is 30.6 Å². The highest BCUT2D eigenvalue weighted by molar-refractivity contribution is 6.30. The van der Waals surface area contributed by atoms with E-state index in [1.54, 1.807) is 48.0 Å². The van der Waals surface area contributed by atoms with Crippen LogP contribution in [0.4, 0.5) is 0 Å². The van der Waals surface area contributed by atoms with E-state index in [1.165, 1.54) is 0 Å². The SMILES string of the molecule is Cc1nc(=NO)c2ccn([C@@H]3O[C@H](C(O)c4ccc(Cl)cc4)[C@@H](O)[C@H]3O)c2[nH]1.Cl. The van der Waals surface area contributed by atoms with Gasteiger partial charge in [-0.2, -0.15) is 0 Å². The second-order valence-electron chi connectivity index (χ2n) is 6.70. The number of hydrogen-bond acceptors (Lipinski definition) is 7. The quantitative estimate of drug-likeness (QED) is 0.307. The Morgan fingerprint density at radius 1 is 1.21 bits per heavy atom. The van der Waals surface area contributed by atoms with Crippen LogP contribution in [0.1, 0.15) is 23.7 Å². The summed E-state index contributed by atoms with van der Waals surface area (Å²) in [5, 5.41) is 45.1. The van der Waals surface area contributed by atoms with Crippen molar-refractivity contribution in [3.63, 3.8) is 0 Å². The van der Waals surface area contributed by atoms with E-state index in [9.17, 15) is 15.3 Å². The molecule has 1 unspecified atom stereocenters. The highest BCUT2D eigenvalue weighted by Gasteiger charge is 2.47. The molecular weight excluding hydrogens is 423 g/mol. The number of hydrogen-bond donors (Lipinski definition) is 5. The van der Waals surface area contributed by atoms with Gasteiger partial charge < -0.3 is 34.8 Å². The van der Waals surface area contributed by atoms with Crippen LogP contribution in [0.3, 0.4) is 0 Å². The van der Waals surface area contributed by atoms with E-state index in [-0.39, 0.29) is 17.9 Å². The van der Waals surface area contributed by atoms with Crippen molar-refractivity contribution < 1.29 is 25.3 Å². The van der Waals surface area contributed by atoms with Crippen LogP contribution in [-0.4, -0.2) is 53.4 Å². The molecule has 1 aliphatic heterocycles. The second kappa shape index (κ2) is 8.31. The van der Waals surface area contributed by atoms with Gasteiger partial charge in [-0.3, -0.25) is 0 Å². The van der Waals surface area contributed by atoms with Gasteiger partial charge in [-0.25, -0.2) is 4.98 Å². The first-order valence-corrected chi connectivity index (χ1v) is 8.99. The number of benzene rings is 1. The van der Waals surface area contributed by atoms with Gasteiger partial charge in [-0.05, 0) is 30.7 Å². The number of ether oxygens (including phenoxy) is 1. The van der Waals surface area contributed by atoms with Crippen molar-refractivity contribution in [2.45, 2.75) is 37.6 Å². The fourth-order valence-corrected chi connectivity index (χ4v) is 3.62. The maximum absolute atomic E-state index is 10.6. The van der Waals surface area contributed by atoms with Crippen molar-refractivity contribution in [3.8, 4) is 0 Å². The third-order valence-corrected chi connectivity index (χ3v) is 5.15. The molecule has 0 bridgehead atoms. The lowest BCUT2D eigenvalue weighted by atomic mass is 9.99. The number of aryl methyl sites for hydroxylation is 1. The molecular formula is C18H20Cl2N4O5. The average molecular weight is 443 g/mol. The third-order valence-electron chi connectivity index (χ3n) is 4.90. The summed E-state index contributed by atoms with van der Waals surface area (Å²) in [6, 6.07) is 8.16. The predicted molar refractivity (Wildman–Crippen MR) is 106 cm³/mol. The molecule has 29 heavy (non-hydrogen) atoms. The largest absolute Gasteiger partial charge is 0.409 e. The Labute approximate surface area is 176 Å². The number of nitrogens with one attached hydrogen (secondary N) is 1. The van der Waals surface area contributed by atoms with E-state index in [4.69, 9.17) is 21.5 Å². The molecule has 5 N–H and O–H groups in total. The summed E-state index contributed by atoms with van der Waals surface area (Å²) < 4.78 is 7.42. The van der Waals surface area contributed by atoms with Gasteiger partial charge in [-0.15, -0.1) is 12.4 Å². The number of nitrogens with zero attached hydrogens (tertiary/aromatic N) is 3. The van der Waals surface area contributed by atoms with Crippen LogP contribution in [0.15, 0.2) is 41.7 Å². The Kier molecular flexibility index (Phi) is 6.18. The average Bonchev–Trinajstić information content (AvgIpc) is 3.22. The zero-order valence-electron chi connectivity index (χ0n) is 15.2. The number of rotatable bonds is 3. The van der Waals surface area contributed by atoms with Crippen LogP contribution < -0.4 is 5.49 Å². The third kappa shape index (κ3) is 3.73. The zero-order valence-corrected chi connectivity index (χ0v) is 16.7. The molecule has 2 aromatic heterocycles. The number of aromatic amines is 1. The lowest BCUT2D eigenvalue weighted by Gasteiger charge is -2.21. The fourth-order valence-electron chi connectivity index (χ4n) is 3.49. The maximum atomic E-state index is 10.6. The Balaban J connectivity index is 0.00000240. The first-order chi connectivity index (χ1) is 13.4. The topological polar surface area (TPSA) is 136 Å². The van der Waals surface area contributed by atoms with Crippen LogP contribution in [0.25, 0.3) is 11.0 Å². The standard InChI is InChI=1S/C18H19ClN4O5.ClH/c1-8-20-16(22-27)11-6-7-23(17(11)21-8)18-14(26)13(25)15(28-18)12(24)9-2-4-10(19)5-3-9;/h2-7,12-15,18,24-27H,1H3,(H,20,21,22);1H/t12?,13-,14+,15+,18+;/m0./s1. The molecule has 1 saturated heterocycles. The summed E-state index contributed by atoms with van der Waals surface area (Å²) in [6.45, 7) is 1.69. The summed E-state index contributed by atoms with van der Waals surface area (Å²) in [5.74, 6) is 0.492. The first kappa shape index (κ1) is 21.6. The highest BCUT2D eigenvalue weighted by atomic mass is 35.5. The fraction of sp³-hybridized carbons (Fsp3) is 0.333. The minimum absolute atomic E-state index is 0. The molecule has 4 rings (SSSR count). The van der Waals surface area contributed by atoms with Crippen molar-refractivity contribution in [2.24, 2.45) is 5.16 Å². The summed E-state index contributed by atoms with van der Waals surface area (Å²) in [4.78, 5) is 7.13. The van der Waals surface area contributed by atoms with Crippen molar-refractivity contribution in [1.29, 1.82) is 0 Å². The van der Waals surface area contributed by atoms with Gasteiger partial charge in [0.1, 0.15) is 35.9 Å². The minimum atomic E-state index is -1.32. The van der Waals surface area contributed by atoms with Gasteiger partial charge in [0.15, 0.2) is 6.23 Å². The van der Waals surface area contributed by atoms with Gasteiger partial charge in [0.2, 0.25) is 5.49 Å². The lowest BCUT2D eigenvalue weighted by Crippen LogP contribution is -2.34. The molecule has 0 aliphatic carbocycles. The van der Waals surface area contributed by atoms with Crippen molar-refractivity contribution in [1.82, 2.24) is 14.5 Å². The number of aliphatic hydroxyl groups excluding tert-OH is 3. The maximum Gasteiger partial charge on any atom is 0.203 e. The van der Waals surface area contributed by atoms with Crippen molar-refractivity contribution in [2.75, 3.05) is 0 Å². The van der Waals surface area contributed by atoms with E-state index in [2.05, 4.69) is 15.1 Å². The molecule has 5 atom stereocenters. The normalized spacial score (nSPS) is 25.9. The van der Waals surface area contributed by atoms with Gasteiger partial charge in [0.25, 0.3) is 0 Å². The summed E-state index contributed by atoms with van der Waals surface area (Å²) >= 11 is 5.87. The first-order valence-electron chi connectivity index (χ1n) is 8.61. The molecule has 156 valence electrons. The number of fused-ring (bicyclic) bond motifs is 1. The van der Waals surface area contributed by atoms with Crippen LogP contribution in [-0.2, 0) is 4.74 Å². The molecule has 3 aromatic rings. The smallest absolute Gasteiger partial charge is 0.203 e. The molecule has 1 fully saturated rings. The molecule has 11 heteroatoms. The number of aromatic nitrogens is 3. The van der Waals surface area contributed by atoms with Crippen LogP contribution in [0, 0.1) is 6.92 Å². The van der Waals surface area contributed by atoms with Gasteiger partial charge in [0, 0.05) is 11.2 Å². The minimum Gasteiger partial charge on any atom is -0.409 e. The monoisotopic (exact) mass is 442 g/mol. The summed E-state index contributed by atoms with van der Waals surface area (Å²) in [7, 11) is 0. The molecule has 0 radical (unpaired) electrons. The molecule has 1 aromatic carbocycles. The molecule has 3 heterocycles. The Hall–Kier alpha value is -2.14. The number of halogens is 2. The number of H-pyrrole nitrogens is 1. The van der Waals surface area contributed by atoms with Crippen LogP contribution >= 0.6 is 24.0 Å². The molecule has 0 saturated carbocycles. The van der Waals surface area contributed by atoms with E-state index in [0.29, 0.717) is 27.4 Å². The van der Waals surface area contributed by atoms with Crippen molar-refractivity contribution >= 4 is 35.0 Å². The van der Waals surface area contributed by atoms with Crippen molar-refractivity contribution in [3.05, 3.63) is 58.4 Å². The molecule has 0 amide bonds. The van der Waals surface area contributed by atoms with Gasteiger partial charge >= 0.3 is 0 Å². The van der Waals surface area contributed by atoms with E-state index >= 15 is 0 Å². The molecule has 0 spiro atoms. The van der Waals surface area contributed by atoms with Gasteiger partial charge in [0.05, 0.1) is 5.39 Å². The second-order valence-corrected chi connectivity index (χ2v) is 7.14. The summed E-state index contributed by atoms with van der Waals surface area (Å²) in [5.41, 5.74) is 1.13. The Morgan fingerprint density at radius 3 is 2.55 bits per heavy atom. The predicted octanol–water partition coefficient (Wildman–Crippen LogP) is 1.39. The van der Waals surface area contributed by atoms with E-state index in [1.807, 2.05) is 0 Å². The van der Waals surface area contributed by atoms with Gasteiger partial charge in [-0.1, -0.05) is 28.9 Å². The van der Waals surface area contributed by atoms with Crippen LogP contribution in [0.2, 0.25) is 5.02 Å². The molecule has 9 nitrogen and oxygen atoms in total. The van der Waals surface area contributed by atoms with Crippen LogP contribution in [0.5, 0.6) is 0 Å². The highest BCUT2D eigenvalue weighted by Crippen LogP contribution is 2.37. The lowest BCUT2D eigenvalue weighted by molar-refractivity contribution is -0.0848. The molecule has 1 aliphatic rings. The summed E-state index contributed by atoms with van der Waals surface area (Å²) in [6.07, 6.45) is -4.18. The number of aliphatic hydroxyl groups is 3. The Bertz CT molecular complexity index is 1070. The zero-order chi connectivity index (χ0) is 20.0. The Morgan fingerprint density at radius 2 is 1.90 bits per heavy atom.